The lowest BCUT2D eigenvalue weighted by molar-refractivity contribution is -0.385. The van der Waals surface area contributed by atoms with Crippen molar-refractivity contribution in [3.8, 4) is 0 Å². The van der Waals surface area contributed by atoms with Crippen LogP contribution in [0, 0.1) is 17.0 Å². The predicted molar refractivity (Wildman–Crippen MR) is 79.3 cm³/mol. The van der Waals surface area contributed by atoms with Gasteiger partial charge in [0.2, 0.25) is 0 Å². The molecule has 0 bridgehead atoms. The maximum absolute atomic E-state index is 10.9. The first-order chi connectivity index (χ1) is 9.08. The summed E-state index contributed by atoms with van der Waals surface area (Å²) < 4.78 is 1.03. The molecule has 98 valence electrons. The highest BCUT2D eigenvalue weighted by Gasteiger charge is 2.12. The van der Waals surface area contributed by atoms with Gasteiger partial charge in [0.1, 0.15) is 0 Å². The zero-order valence-electron chi connectivity index (χ0n) is 10.4. The summed E-state index contributed by atoms with van der Waals surface area (Å²) in [6.07, 6.45) is 0. The Bertz CT molecular complexity index is 597. The van der Waals surface area contributed by atoms with Crippen LogP contribution in [0.3, 0.4) is 0 Å². The van der Waals surface area contributed by atoms with Gasteiger partial charge in [0.15, 0.2) is 0 Å². The van der Waals surface area contributed by atoms with Crippen LogP contribution < -0.4 is 5.32 Å². The van der Waals surface area contributed by atoms with Gasteiger partial charge >= 0.3 is 0 Å². The van der Waals surface area contributed by atoms with Crippen LogP contribution in [0.2, 0.25) is 0 Å². The van der Waals surface area contributed by atoms with Gasteiger partial charge in [-0.25, -0.2) is 0 Å². The summed E-state index contributed by atoms with van der Waals surface area (Å²) in [4.78, 5) is 10.5. The van der Waals surface area contributed by atoms with Crippen molar-refractivity contribution in [1.29, 1.82) is 0 Å². The van der Waals surface area contributed by atoms with Crippen molar-refractivity contribution >= 4 is 27.3 Å². The van der Waals surface area contributed by atoms with E-state index in [-0.39, 0.29) is 10.6 Å². The van der Waals surface area contributed by atoms with Crippen molar-refractivity contribution in [3.63, 3.8) is 0 Å². The number of hydrogen-bond donors (Lipinski definition) is 1. The molecule has 4 nitrogen and oxygen atoms in total. The van der Waals surface area contributed by atoms with E-state index in [1.807, 2.05) is 30.3 Å². The summed E-state index contributed by atoms with van der Waals surface area (Å²) in [6.45, 7) is 2.39. The average Bonchev–Trinajstić information content (AvgIpc) is 2.39. The maximum atomic E-state index is 10.9. The maximum Gasteiger partial charge on any atom is 0.274 e. The van der Waals surface area contributed by atoms with Crippen molar-refractivity contribution in [2.75, 3.05) is 5.32 Å². The molecule has 0 saturated heterocycles. The average molecular weight is 321 g/mol. The second kappa shape index (κ2) is 5.84. The fourth-order valence-corrected chi connectivity index (χ4v) is 2.08. The van der Waals surface area contributed by atoms with Crippen molar-refractivity contribution in [3.05, 3.63) is 68.2 Å². The van der Waals surface area contributed by atoms with Crippen molar-refractivity contribution < 1.29 is 4.92 Å². The molecule has 2 rings (SSSR count). The zero-order valence-corrected chi connectivity index (χ0v) is 12.0. The molecule has 0 atom stereocenters. The molecule has 0 aliphatic rings. The molecule has 2 aromatic carbocycles. The third kappa shape index (κ3) is 3.32. The van der Waals surface area contributed by atoms with Crippen LogP contribution in [-0.2, 0) is 6.54 Å². The number of nitrogens with one attached hydrogen (secondary N) is 1. The first-order valence-electron chi connectivity index (χ1n) is 5.80. The second-order valence-corrected chi connectivity index (χ2v) is 5.10. The van der Waals surface area contributed by atoms with Gasteiger partial charge in [0.05, 0.1) is 4.92 Å². The highest BCUT2D eigenvalue weighted by atomic mass is 79.9. The highest BCUT2D eigenvalue weighted by molar-refractivity contribution is 9.10. The topological polar surface area (TPSA) is 55.2 Å². The van der Waals surface area contributed by atoms with E-state index < -0.39 is 0 Å². The Labute approximate surface area is 119 Å². The molecule has 5 heteroatoms. The molecular weight excluding hydrogens is 308 g/mol. The number of halogens is 1. The quantitative estimate of drug-likeness (QED) is 0.675. The van der Waals surface area contributed by atoms with Crippen LogP contribution in [0.5, 0.6) is 0 Å². The number of nitrogens with zero attached hydrogens (tertiary/aromatic N) is 1. The minimum absolute atomic E-state index is 0.140. The normalized spacial score (nSPS) is 10.2. The third-order valence-corrected chi connectivity index (χ3v) is 3.43. The summed E-state index contributed by atoms with van der Waals surface area (Å²) in [6, 6.07) is 13.0. The molecule has 0 spiro atoms. The van der Waals surface area contributed by atoms with Crippen molar-refractivity contribution in [2.45, 2.75) is 13.5 Å². The fourth-order valence-electron chi connectivity index (χ4n) is 1.81. The lowest BCUT2D eigenvalue weighted by atomic mass is 10.1. The second-order valence-electron chi connectivity index (χ2n) is 4.19. The minimum atomic E-state index is -0.361. The van der Waals surface area contributed by atoms with E-state index in [0.29, 0.717) is 12.1 Å². The smallest absolute Gasteiger partial charge is 0.274 e. The Balaban J connectivity index is 2.13. The van der Waals surface area contributed by atoms with Crippen LogP contribution in [0.4, 0.5) is 11.4 Å². The number of anilines is 1. The van der Waals surface area contributed by atoms with Gasteiger partial charge in [-0.05, 0) is 30.7 Å². The zero-order chi connectivity index (χ0) is 13.8. The molecule has 19 heavy (non-hydrogen) atoms. The van der Waals surface area contributed by atoms with Gasteiger partial charge in [0.25, 0.3) is 5.69 Å². The van der Waals surface area contributed by atoms with Crippen LogP contribution in [0.25, 0.3) is 0 Å². The molecular formula is C14H13BrN2O2. The van der Waals surface area contributed by atoms with E-state index in [4.69, 9.17) is 0 Å². The molecule has 0 aliphatic heterocycles. The summed E-state index contributed by atoms with van der Waals surface area (Å²) >= 11 is 3.38. The summed E-state index contributed by atoms with van der Waals surface area (Å²) in [7, 11) is 0. The van der Waals surface area contributed by atoms with Crippen LogP contribution in [-0.4, -0.2) is 4.92 Å². The van der Waals surface area contributed by atoms with Gasteiger partial charge in [-0.3, -0.25) is 10.1 Å². The highest BCUT2D eigenvalue weighted by Crippen LogP contribution is 2.25. The predicted octanol–water partition coefficient (Wildman–Crippen LogP) is 4.28. The molecule has 2 aromatic rings. The monoisotopic (exact) mass is 320 g/mol. The minimum Gasteiger partial charge on any atom is -0.381 e. The molecule has 0 saturated carbocycles. The van der Waals surface area contributed by atoms with E-state index in [0.717, 1.165) is 15.7 Å². The van der Waals surface area contributed by atoms with Gasteiger partial charge in [-0.1, -0.05) is 34.1 Å². The molecule has 0 amide bonds. The largest absolute Gasteiger partial charge is 0.381 e. The fraction of sp³-hybridized carbons (Fsp3) is 0.143. The van der Waals surface area contributed by atoms with E-state index in [1.54, 1.807) is 13.0 Å². The molecule has 0 unspecified atom stereocenters. The molecule has 0 aliphatic carbocycles. The molecule has 0 heterocycles. The molecule has 0 radical (unpaired) electrons. The first-order valence-corrected chi connectivity index (χ1v) is 6.59. The molecule has 0 aromatic heterocycles. The molecule has 0 fully saturated rings. The van der Waals surface area contributed by atoms with Crippen LogP contribution >= 0.6 is 15.9 Å². The van der Waals surface area contributed by atoms with Gasteiger partial charge in [0, 0.05) is 28.3 Å². The summed E-state index contributed by atoms with van der Waals surface area (Å²) in [5.41, 5.74) is 2.71. The van der Waals surface area contributed by atoms with E-state index in [1.165, 1.54) is 6.07 Å². The number of rotatable bonds is 4. The Hall–Kier alpha value is -1.88. The van der Waals surface area contributed by atoms with E-state index in [2.05, 4.69) is 21.2 Å². The number of nitro benzene ring substituents is 1. The third-order valence-electron chi connectivity index (χ3n) is 2.90. The van der Waals surface area contributed by atoms with Crippen LogP contribution in [0.15, 0.2) is 46.9 Å². The SMILES string of the molecule is Cc1c(NCc2ccc(Br)cc2)cccc1[N+](=O)[O-]. The Kier molecular flexibility index (Phi) is 4.16. The Morgan fingerprint density at radius 1 is 1.21 bits per heavy atom. The Morgan fingerprint density at radius 3 is 2.53 bits per heavy atom. The summed E-state index contributed by atoms with van der Waals surface area (Å²) in [5, 5.41) is 14.1. The standard InChI is InChI=1S/C14H13BrN2O2/c1-10-13(3-2-4-14(10)17(18)19)16-9-11-5-7-12(15)8-6-11/h2-8,16H,9H2,1H3. The van der Waals surface area contributed by atoms with E-state index >= 15 is 0 Å². The van der Waals surface area contributed by atoms with Gasteiger partial charge in [-0.2, -0.15) is 0 Å². The number of nitro groups is 1. The first kappa shape index (κ1) is 13.5. The van der Waals surface area contributed by atoms with Crippen molar-refractivity contribution in [1.82, 2.24) is 0 Å². The van der Waals surface area contributed by atoms with Crippen LogP contribution in [0.1, 0.15) is 11.1 Å². The van der Waals surface area contributed by atoms with Gasteiger partial charge < -0.3 is 5.32 Å². The summed E-state index contributed by atoms with van der Waals surface area (Å²) in [5.74, 6) is 0. The Morgan fingerprint density at radius 2 is 1.89 bits per heavy atom. The van der Waals surface area contributed by atoms with Gasteiger partial charge in [-0.15, -0.1) is 0 Å². The van der Waals surface area contributed by atoms with Crippen molar-refractivity contribution in [2.24, 2.45) is 0 Å². The lowest BCUT2D eigenvalue weighted by Gasteiger charge is -2.09. The van der Waals surface area contributed by atoms with E-state index in [9.17, 15) is 10.1 Å². The number of hydrogen-bond acceptors (Lipinski definition) is 3. The molecule has 1 N–H and O–H groups in total. The lowest BCUT2D eigenvalue weighted by Crippen LogP contribution is -2.02. The number of benzene rings is 2.